The van der Waals surface area contributed by atoms with Gasteiger partial charge in [-0.1, -0.05) is 27.7 Å². The molecule has 0 radical (unpaired) electrons. The number of carbonyl (C=O) groups excluding carboxylic acids is 2. The van der Waals surface area contributed by atoms with E-state index in [4.69, 9.17) is 10.5 Å². The Labute approximate surface area is 244 Å². The van der Waals surface area contributed by atoms with Crippen LogP contribution in [0.1, 0.15) is 58.6 Å². The molecule has 1 atom stereocenters. The SMILES string of the molecule is CCN(CCN/C=C(\N)c1ccc(Oc2ccc(C3=CNC(CNC(=O)CC(C)C)N3)cc2)cc1)C(=O)CC(C)C. The van der Waals surface area contributed by atoms with E-state index in [0.717, 1.165) is 22.6 Å². The summed E-state index contributed by atoms with van der Waals surface area (Å²) < 4.78 is 6.02. The van der Waals surface area contributed by atoms with Crippen molar-refractivity contribution in [2.75, 3.05) is 26.2 Å². The van der Waals surface area contributed by atoms with Gasteiger partial charge in [0.05, 0.1) is 17.9 Å². The number of ether oxygens (including phenoxy) is 1. The second-order valence-electron chi connectivity index (χ2n) is 11.1. The van der Waals surface area contributed by atoms with Crippen LogP contribution >= 0.6 is 0 Å². The van der Waals surface area contributed by atoms with Crippen LogP contribution in [0.2, 0.25) is 0 Å². The van der Waals surface area contributed by atoms with Crippen molar-refractivity contribution in [2.24, 2.45) is 17.6 Å². The summed E-state index contributed by atoms with van der Waals surface area (Å²) in [6.07, 6.45) is 4.75. The highest BCUT2D eigenvalue weighted by atomic mass is 16.5. The van der Waals surface area contributed by atoms with Crippen LogP contribution in [0, 0.1) is 11.8 Å². The monoisotopic (exact) mass is 562 g/mol. The van der Waals surface area contributed by atoms with Gasteiger partial charge in [-0.3, -0.25) is 9.59 Å². The first-order valence-electron chi connectivity index (χ1n) is 14.5. The Morgan fingerprint density at radius 1 is 1.00 bits per heavy atom. The molecule has 0 aliphatic carbocycles. The topological polar surface area (TPSA) is 121 Å². The molecule has 2 amide bonds. The lowest BCUT2D eigenvalue weighted by Crippen LogP contribution is -2.43. The van der Waals surface area contributed by atoms with Crippen LogP contribution in [0.4, 0.5) is 0 Å². The van der Waals surface area contributed by atoms with Gasteiger partial charge in [-0.2, -0.15) is 0 Å². The summed E-state index contributed by atoms with van der Waals surface area (Å²) in [7, 11) is 0. The number of nitrogens with two attached hydrogens (primary N) is 1. The highest BCUT2D eigenvalue weighted by Crippen LogP contribution is 2.25. The van der Waals surface area contributed by atoms with Crippen molar-refractivity contribution in [1.82, 2.24) is 26.2 Å². The molecule has 0 bridgehead atoms. The first kappa shape index (κ1) is 31.4. The van der Waals surface area contributed by atoms with Crippen molar-refractivity contribution in [3.8, 4) is 11.5 Å². The Hall–Kier alpha value is -4.14. The average Bonchev–Trinajstić information content (AvgIpc) is 3.41. The molecule has 2 aromatic carbocycles. The van der Waals surface area contributed by atoms with Gasteiger partial charge in [-0.15, -0.1) is 0 Å². The van der Waals surface area contributed by atoms with Crippen molar-refractivity contribution in [1.29, 1.82) is 0 Å². The van der Waals surface area contributed by atoms with E-state index >= 15 is 0 Å². The molecule has 9 nitrogen and oxygen atoms in total. The van der Waals surface area contributed by atoms with Crippen LogP contribution in [0.3, 0.4) is 0 Å². The summed E-state index contributed by atoms with van der Waals surface area (Å²) in [5.41, 5.74) is 9.73. The zero-order chi connectivity index (χ0) is 29.8. The summed E-state index contributed by atoms with van der Waals surface area (Å²) in [6, 6.07) is 15.4. The van der Waals surface area contributed by atoms with Crippen LogP contribution in [0.5, 0.6) is 11.5 Å². The normalized spacial score (nSPS) is 14.8. The number of hydrogen-bond acceptors (Lipinski definition) is 7. The Kier molecular flexibility index (Phi) is 11.9. The second kappa shape index (κ2) is 15.6. The maximum atomic E-state index is 12.3. The molecule has 3 rings (SSSR count). The van der Waals surface area contributed by atoms with Crippen molar-refractivity contribution in [3.63, 3.8) is 0 Å². The summed E-state index contributed by atoms with van der Waals surface area (Å²) in [6.45, 7) is 12.6. The van der Waals surface area contributed by atoms with E-state index in [1.807, 2.05) is 80.4 Å². The number of hydrogen-bond donors (Lipinski definition) is 5. The molecule has 9 heteroatoms. The molecule has 1 heterocycles. The smallest absolute Gasteiger partial charge is 0.222 e. The van der Waals surface area contributed by atoms with Crippen molar-refractivity contribution in [2.45, 2.75) is 53.6 Å². The molecule has 1 unspecified atom stereocenters. The van der Waals surface area contributed by atoms with Gasteiger partial charge in [-0.05, 0) is 78.4 Å². The van der Waals surface area contributed by atoms with E-state index < -0.39 is 0 Å². The zero-order valence-corrected chi connectivity index (χ0v) is 25.0. The molecule has 222 valence electrons. The molecule has 0 aromatic heterocycles. The van der Waals surface area contributed by atoms with Gasteiger partial charge in [-0.25, -0.2) is 0 Å². The predicted octanol–water partition coefficient (Wildman–Crippen LogP) is 4.20. The van der Waals surface area contributed by atoms with Gasteiger partial charge in [0.15, 0.2) is 0 Å². The number of rotatable bonds is 15. The van der Waals surface area contributed by atoms with Crippen LogP contribution in [-0.4, -0.2) is 49.1 Å². The third kappa shape index (κ3) is 10.4. The fourth-order valence-electron chi connectivity index (χ4n) is 4.35. The summed E-state index contributed by atoms with van der Waals surface area (Å²) in [5, 5.41) is 12.8. The molecule has 2 aromatic rings. The lowest BCUT2D eigenvalue weighted by molar-refractivity contribution is -0.131. The maximum Gasteiger partial charge on any atom is 0.222 e. The molecule has 41 heavy (non-hydrogen) atoms. The number of benzene rings is 2. The highest BCUT2D eigenvalue weighted by molar-refractivity contribution is 5.76. The molecule has 1 aliphatic heterocycles. The third-order valence-electron chi connectivity index (χ3n) is 6.55. The summed E-state index contributed by atoms with van der Waals surface area (Å²) in [4.78, 5) is 26.0. The highest BCUT2D eigenvalue weighted by Gasteiger charge is 2.17. The maximum absolute atomic E-state index is 12.3. The quantitative estimate of drug-likeness (QED) is 0.206. The average molecular weight is 563 g/mol. The first-order valence-corrected chi connectivity index (χ1v) is 14.5. The van der Waals surface area contributed by atoms with E-state index in [0.29, 0.717) is 62.3 Å². The van der Waals surface area contributed by atoms with Gasteiger partial charge in [0.2, 0.25) is 11.8 Å². The van der Waals surface area contributed by atoms with Gasteiger partial charge in [0.1, 0.15) is 17.7 Å². The number of likely N-dealkylation sites (N-methyl/N-ethyl adjacent to an activating group) is 1. The molecule has 1 aliphatic rings. The Balaban J connectivity index is 1.44. The van der Waals surface area contributed by atoms with E-state index in [1.165, 1.54) is 0 Å². The van der Waals surface area contributed by atoms with E-state index in [-0.39, 0.29) is 18.0 Å². The third-order valence-corrected chi connectivity index (χ3v) is 6.55. The molecule has 0 fully saturated rings. The van der Waals surface area contributed by atoms with E-state index in [9.17, 15) is 9.59 Å². The largest absolute Gasteiger partial charge is 0.457 e. The van der Waals surface area contributed by atoms with Crippen LogP contribution < -0.4 is 31.7 Å². The minimum Gasteiger partial charge on any atom is -0.457 e. The summed E-state index contributed by atoms with van der Waals surface area (Å²) in [5.74, 6) is 2.37. The Morgan fingerprint density at radius 3 is 2.24 bits per heavy atom. The van der Waals surface area contributed by atoms with Crippen molar-refractivity contribution >= 4 is 23.2 Å². The predicted molar refractivity (Wildman–Crippen MR) is 165 cm³/mol. The number of nitrogens with one attached hydrogen (secondary N) is 4. The Morgan fingerprint density at radius 2 is 1.63 bits per heavy atom. The van der Waals surface area contributed by atoms with Crippen LogP contribution in [0.15, 0.2) is 60.9 Å². The lowest BCUT2D eigenvalue weighted by atomic mass is 10.1. The fourth-order valence-corrected chi connectivity index (χ4v) is 4.35. The second-order valence-corrected chi connectivity index (χ2v) is 11.1. The fraction of sp³-hybridized carbons (Fsp3) is 0.438. The van der Waals surface area contributed by atoms with E-state index in [2.05, 4.69) is 35.1 Å². The Bertz CT molecular complexity index is 1190. The molecule has 0 spiro atoms. The molecular weight excluding hydrogens is 516 g/mol. The number of nitrogens with zero attached hydrogens (tertiary/aromatic N) is 1. The van der Waals surface area contributed by atoms with Crippen LogP contribution in [0.25, 0.3) is 11.4 Å². The first-order chi connectivity index (χ1) is 19.6. The van der Waals surface area contributed by atoms with Gasteiger partial charge in [0.25, 0.3) is 0 Å². The number of amides is 2. The number of carbonyl (C=O) groups is 2. The van der Waals surface area contributed by atoms with Crippen molar-refractivity contribution in [3.05, 3.63) is 72.1 Å². The molecule has 0 saturated carbocycles. The summed E-state index contributed by atoms with van der Waals surface area (Å²) >= 11 is 0. The van der Waals surface area contributed by atoms with Gasteiger partial charge >= 0.3 is 0 Å². The molecule has 6 N–H and O–H groups in total. The molecule has 0 saturated heterocycles. The van der Waals surface area contributed by atoms with Crippen molar-refractivity contribution < 1.29 is 14.3 Å². The molecular formula is C32H46N6O3. The zero-order valence-electron chi connectivity index (χ0n) is 25.0. The van der Waals surface area contributed by atoms with Gasteiger partial charge < -0.3 is 36.6 Å². The van der Waals surface area contributed by atoms with Gasteiger partial charge in [0, 0.05) is 44.9 Å². The minimum atomic E-state index is -0.0443. The van der Waals surface area contributed by atoms with Crippen LogP contribution in [-0.2, 0) is 9.59 Å². The standard InChI is InChI=1S/C32H46N6O3/c1-6-38(32(40)18-23(4)5)16-15-34-19-28(33)24-7-11-26(12-8-24)41-27-13-9-25(10-14-27)29-20-35-30(37-29)21-36-31(39)17-22(2)3/h7-14,19-20,22-23,30,34-35,37H,6,15-18,21,33H2,1-5H3,(H,36,39)/b28-19-. The lowest BCUT2D eigenvalue weighted by Gasteiger charge is -2.21. The van der Waals surface area contributed by atoms with E-state index in [1.54, 1.807) is 6.20 Å². The minimum absolute atomic E-state index is 0.0443.